The van der Waals surface area contributed by atoms with E-state index in [0.717, 1.165) is 53.6 Å². The van der Waals surface area contributed by atoms with Crippen LogP contribution in [-0.2, 0) is 13.0 Å². The van der Waals surface area contributed by atoms with E-state index < -0.39 is 6.10 Å². The highest BCUT2D eigenvalue weighted by molar-refractivity contribution is 5.78. The predicted octanol–water partition coefficient (Wildman–Crippen LogP) is 7.47. The summed E-state index contributed by atoms with van der Waals surface area (Å²) in [4.78, 5) is 4.75. The fourth-order valence-electron chi connectivity index (χ4n) is 5.40. The van der Waals surface area contributed by atoms with Gasteiger partial charge in [0.25, 0.3) is 0 Å². The van der Waals surface area contributed by atoms with Gasteiger partial charge in [-0.15, -0.1) is 0 Å². The third kappa shape index (κ3) is 4.54. The van der Waals surface area contributed by atoms with Crippen molar-refractivity contribution in [2.45, 2.75) is 84.8 Å². The first-order valence-corrected chi connectivity index (χ1v) is 12.4. The number of rotatable bonds is 9. The molecule has 3 heteroatoms. The van der Waals surface area contributed by atoms with Crippen molar-refractivity contribution in [1.82, 2.24) is 4.98 Å². The summed E-state index contributed by atoms with van der Waals surface area (Å²) in [5.41, 5.74) is 5.42. The van der Waals surface area contributed by atoms with E-state index in [2.05, 4.69) is 45.0 Å². The van der Waals surface area contributed by atoms with Crippen LogP contribution in [0.3, 0.4) is 0 Å². The molecule has 32 heavy (non-hydrogen) atoms. The number of aliphatic hydroxyl groups is 1. The highest BCUT2D eigenvalue weighted by Crippen LogP contribution is 2.53. The Kier molecular flexibility index (Phi) is 7.15. The van der Waals surface area contributed by atoms with Gasteiger partial charge in [0, 0.05) is 16.4 Å². The number of aliphatic hydroxyl groups excluding tert-OH is 1. The standard InChI is InChI=1S/C29H37NO2/c1-4-6-17-29(18-7-5-2)19-16-24-26(15-12-21(3)27(24)28(29)31)32-20-23-14-13-22-10-8-9-11-25(22)30-23/h8-15,28,31H,4-7,16-20H2,1-3H3. The molecule has 0 saturated heterocycles. The Morgan fingerprint density at radius 2 is 1.75 bits per heavy atom. The fraction of sp³-hybridized carbons (Fsp3) is 0.483. The van der Waals surface area contributed by atoms with Crippen LogP contribution in [0.25, 0.3) is 10.9 Å². The molecular formula is C29H37NO2. The van der Waals surface area contributed by atoms with Gasteiger partial charge in [0.05, 0.1) is 17.3 Å². The second-order valence-electron chi connectivity index (χ2n) is 9.53. The van der Waals surface area contributed by atoms with Crippen molar-refractivity contribution >= 4 is 10.9 Å². The summed E-state index contributed by atoms with van der Waals surface area (Å²) in [5.74, 6) is 0.902. The molecule has 0 aliphatic heterocycles. The summed E-state index contributed by atoms with van der Waals surface area (Å²) >= 11 is 0. The molecule has 0 amide bonds. The quantitative estimate of drug-likeness (QED) is 0.382. The Morgan fingerprint density at radius 3 is 2.50 bits per heavy atom. The molecule has 1 unspecified atom stereocenters. The van der Waals surface area contributed by atoms with E-state index in [0.29, 0.717) is 6.61 Å². The molecule has 1 aliphatic rings. The van der Waals surface area contributed by atoms with Crippen molar-refractivity contribution in [3.05, 3.63) is 70.9 Å². The van der Waals surface area contributed by atoms with E-state index in [9.17, 15) is 5.11 Å². The van der Waals surface area contributed by atoms with Crippen molar-refractivity contribution in [3.63, 3.8) is 0 Å². The molecule has 0 radical (unpaired) electrons. The normalized spacial score (nSPS) is 17.3. The largest absolute Gasteiger partial charge is 0.487 e. The summed E-state index contributed by atoms with van der Waals surface area (Å²) in [6.07, 6.45) is 8.52. The Balaban J connectivity index is 1.59. The minimum absolute atomic E-state index is 0.00229. The smallest absolute Gasteiger partial charge is 0.130 e. The molecule has 1 aliphatic carbocycles. The lowest BCUT2D eigenvalue weighted by molar-refractivity contribution is -0.0108. The zero-order valence-electron chi connectivity index (χ0n) is 19.9. The SMILES string of the molecule is CCCCC1(CCCC)CCc2c(OCc3ccc4ccccc4n3)ccc(C)c2C1O. The van der Waals surface area contributed by atoms with Gasteiger partial charge in [-0.05, 0) is 61.9 Å². The maximum absolute atomic E-state index is 11.7. The molecule has 2 aromatic carbocycles. The summed E-state index contributed by atoms with van der Waals surface area (Å²) in [7, 11) is 0. The summed E-state index contributed by atoms with van der Waals surface area (Å²) < 4.78 is 6.30. The van der Waals surface area contributed by atoms with Crippen LogP contribution in [0.1, 0.15) is 87.3 Å². The molecule has 1 atom stereocenters. The van der Waals surface area contributed by atoms with E-state index in [1.807, 2.05) is 24.3 Å². The van der Waals surface area contributed by atoms with Gasteiger partial charge in [-0.3, -0.25) is 0 Å². The van der Waals surface area contributed by atoms with Crippen LogP contribution in [-0.4, -0.2) is 10.1 Å². The van der Waals surface area contributed by atoms with Gasteiger partial charge in [0.15, 0.2) is 0 Å². The van der Waals surface area contributed by atoms with Crippen LogP contribution in [0, 0.1) is 12.3 Å². The van der Waals surface area contributed by atoms with Gasteiger partial charge in [0.2, 0.25) is 0 Å². The van der Waals surface area contributed by atoms with E-state index in [1.165, 1.54) is 36.8 Å². The van der Waals surface area contributed by atoms with Crippen LogP contribution in [0.2, 0.25) is 0 Å². The Morgan fingerprint density at radius 1 is 1.00 bits per heavy atom. The van der Waals surface area contributed by atoms with Gasteiger partial charge in [0.1, 0.15) is 12.4 Å². The molecule has 170 valence electrons. The lowest BCUT2D eigenvalue weighted by Crippen LogP contribution is -2.35. The van der Waals surface area contributed by atoms with E-state index in [4.69, 9.17) is 9.72 Å². The molecule has 0 saturated carbocycles. The maximum Gasteiger partial charge on any atom is 0.130 e. The highest BCUT2D eigenvalue weighted by atomic mass is 16.5. The Hall–Kier alpha value is -2.39. The number of pyridine rings is 1. The number of aromatic nitrogens is 1. The number of hydrogen-bond donors (Lipinski definition) is 1. The lowest BCUT2D eigenvalue weighted by Gasteiger charge is -2.44. The van der Waals surface area contributed by atoms with Crippen molar-refractivity contribution in [2.24, 2.45) is 5.41 Å². The minimum Gasteiger partial charge on any atom is -0.487 e. The van der Waals surface area contributed by atoms with Crippen LogP contribution in [0.15, 0.2) is 48.5 Å². The van der Waals surface area contributed by atoms with Crippen molar-refractivity contribution in [2.75, 3.05) is 0 Å². The molecular weight excluding hydrogens is 394 g/mol. The third-order valence-electron chi connectivity index (χ3n) is 7.35. The van der Waals surface area contributed by atoms with E-state index >= 15 is 0 Å². The summed E-state index contributed by atoms with van der Waals surface area (Å²) in [6, 6.07) is 16.5. The van der Waals surface area contributed by atoms with Crippen molar-refractivity contribution in [3.8, 4) is 5.75 Å². The third-order valence-corrected chi connectivity index (χ3v) is 7.35. The first-order valence-electron chi connectivity index (χ1n) is 12.4. The number of para-hydroxylation sites is 1. The first kappa shape index (κ1) is 22.8. The number of ether oxygens (including phenoxy) is 1. The number of fused-ring (bicyclic) bond motifs is 2. The number of benzene rings is 2. The van der Waals surface area contributed by atoms with Gasteiger partial charge < -0.3 is 9.84 Å². The molecule has 0 spiro atoms. The summed E-state index contributed by atoms with van der Waals surface area (Å²) in [5, 5.41) is 12.8. The number of unbranched alkanes of at least 4 members (excludes halogenated alkanes) is 2. The molecule has 4 rings (SSSR count). The zero-order valence-corrected chi connectivity index (χ0v) is 19.9. The first-order chi connectivity index (χ1) is 15.6. The van der Waals surface area contributed by atoms with Crippen LogP contribution in [0.4, 0.5) is 0 Å². The van der Waals surface area contributed by atoms with Gasteiger partial charge in [-0.2, -0.15) is 0 Å². The number of hydrogen-bond acceptors (Lipinski definition) is 3. The highest BCUT2D eigenvalue weighted by Gasteiger charge is 2.42. The molecule has 3 aromatic rings. The van der Waals surface area contributed by atoms with E-state index in [1.54, 1.807) is 0 Å². The van der Waals surface area contributed by atoms with Crippen LogP contribution >= 0.6 is 0 Å². The minimum atomic E-state index is -0.410. The van der Waals surface area contributed by atoms with Gasteiger partial charge in [-0.25, -0.2) is 4.98 Å². The molecule has 0 bridgehead atoms. The Bertz CT molecular complexity index is 1050. The zero-order chi connectivity index (χ0) is 22.6. The van der Waals surface area contributed by atoms with Crippen molar-refractivity contribution < 1.29 is 9.84 Å². The molecule has 1 heterocycles. The lowest BCUT2D eigenvalue weighted by atomic mass is 9.63. The average molecular weight is 432 g/mol. The van der Waals surface area contributed by atoms with Crippen LogP contribution in [0.5, 0.6) is 5.75 Å². The van der Waals surface area contributed by atoms with Crippen molar-refractivity contribution in [1.29, 1.82) is 0 Å². The maximum atomic E-state index is 11.7. The number of aryl methyl sites for hydroxylation is 1. The monoisotopic (exact) mass is 431 g/mol. The van der Waals surface area contributed by atoms with Gasteiger partial charge >= 0.3 is 0 Å². The molecule has 3 nitrogen and oxygen atoms in total. The molecule has 0 fully saturated rings. The molecule has 1 N–H and O–H groups in total. The molecule has 1 aromatic heterocycles. The second-order valence-corrected chi connectivity index (χ2v) is 9.53. The second kappa shape index (κ2) is 10.0. The topological polar surface area (TPSA) is 42.4 Å². The van der Waals surface area contributed by atoms with Crippen LogP contribution < -0.4 is 4.74 Å². The Labute approximate surface area is 192 Å². The fourth-order valence-corrected chi connectivity index (χ4v) is 5.40. The predicted molar refractivity (Wildman–Crippen MR) is 132 cm³/mol. The summed E-state index contributed by atoms with van der Waals surface area (Å²) in [6.45, 7) is 7.06. The van der Waals surface area contributed by atoms with Gasteiger partial charge in [-0.1, -0.05) is 69.9 Å². The van der Waals surface area contributed by atoms with E-state index in [-0.39, 0.29) is 5.41 Å². The average Bonchev–Trinajstić information content (AvgIpc) is 2.82. The number of nitrogens with zero attached hydrogens (tertiary/aromatic N) is 1.